The molecule has 3 aromatic rings. The summed E-state index contributed by atoms with van der Waals surface area (Å²) in [7, 11) is 0.258. The minimum atomic E-state index is -3.69. The van der Waals surface area contributed by atoms with Crippen LogP contribution < -0.4 is 15.5 Å². The summed E-state index contributed by atoms with van der Waals surface area (Å²) in [6.07, 6.45) is 2.86. The molecule has 5 atom stereocenters. The molecule has 0 saturated heterocycles. The van der Waals surface area contributed by atoms with Crippen LogP contribution in [0, 0.1) is 23.6 Å². The first-order chi connectivity index (χ1) is 17.7. The molecule has 0 unspecified atom stereocenters. The average molecular weight is 523 g/mol. The Morgan fingerprint density at radius 2 is 1.59 bits per heavy atom. The molecule has 0 aliphatic heterocycles. The first kappa shape index (κ1) is 27.4. The van der Waals surface area contributed by atoms with Gasteiger partial charge < -0.3 is 14.7 Å². The monoisotopic (exact) mass is 522 g/mol. The van der Waals surface area contributed by atoms with E-state index in [0.29, 0.717) is 28.6 Å². The Balaban J connectivity index is 1.86. The van der Waals surface area contributed by atoms with Gasteiger partial charge in [0.2, 0.25) is 0 Å². The molecule has 3 aromatic carbocycles. The molecule has 4 rings (SSSR count). The molecule has 0 bridgehead atoms. The maximum atomic E-state index is 15.4. The molecule has 1 aliphatic carbocycles. The topological polar surface area (TPSA) is 41.6 Å². The predicted molar refractivity (Wildman–Crippen MR) is 153 cm³/mol. The standard InChI is InChI=1S/C31H40FN2O2P/c1-22(2)27-20-15-23(3)21-30(27)36-37(35,26-18-16-25(17-19-26)34(4)5)31(28-13-9-10-14-29(28)32)33-24-11-7-6-8-12-24/h6-14,16-19,22-23,27,30-31,33H,15,20-21H2,1-5H3/t23-,27-,30+,31-,37+/m0/s1. The fourth-order valence-corrected chi connectivity index (χ4v) is 8.05. The number of benzene rings is 3. The van der Waals surface area contributed by atoms with Crippen LogP contribution in [0.3, 0.4) is 0 Å². The van der Waals surface area contributed by atoms with Crippen molar-refractivity contribution >= 4 is 24.0 Å². The summed E-state index contributed by atoms with van der Waals surface area (Å²) in [6.45, 7) is 6.66. The summed E-state index contributed by atoms with van der Waals surface area (Å²) in [5, 5.41) is 4.01. The third kappa shape index (κ3) is 6.27. The highest BCUT2D eigenvalue weighted by Crippen LogP contribution is 2.62. The lowest BCUT2D eigenvalue weighted by atomic mass is 9.75. The van der Waals surface area contributed by atoms with Crippen molar-refractivity contribution in [2.24, 2.45) is 17.8 Å². The van der Waals surface area contributed by atoms with Gasteiger partial charge in [-0.25, -0.2) is 4.39 Å². The van der Waals surface area contributed by atoms with Crippen molar-refractivity contribution in [1.29, 1.82) is 0 Å². The van der Waals surface area contributed by atoms with E-state index in [4.69, 9.17) is 4.52 Å². The van der Waals surface area contributed by atoms with Gasteiger partial charge in [-0.15, -0.1) is 0 Å². The van der Waals surface area contributed by atoms with Crippen molar-refractivity contribution in [1.82, 2.24) is 0 Å². The zero-order chi connectivity index (χ0) is 26.6. The molecular weight excluding hydrogens is 482 g/mol. The number of anilines is 2. The lowest BCUT2D eigenvalue weighted by Gasteiger charge is -2.41. The largest absolute Gasteiger partial charge is 0.378 e. The molecule has 0 amide bonds. The maximum Gasteiger partial charge on any atom is 0.258 e. The fraction of sp³-hybridized carbons (Fsp3) is 0.419. The van der Waals surface area contributed by atoms with Gasteiger partial charge in [0, 0.05) is 36.3 Å². The molecule has 1 fully saturated rings. The number of nitrogens with one attached hydrogen (secondary N) is 1. The summed E-state index contributed by atoms with van der Waals surface area (Å²) in [6, 6.07) is 23.8. The fourth-order valence-electron chi connectivity index (χ4n) is 5.40. The number of nitrogens with zero attached hydrogens (tertiary/aromatic N) is 1. The van der Waals surface area contributed by atoms with Crippen molar-refractivity contribution in [2.75, 3.05) is 24.3 Å². The van der Waals surface area contributed by atoms with Gasteiger partial charge in [-0.3, -0.25) is 4.57 Å². The van der Waals surface area contributed by atoms with E-state index in [9.17, 15) is 0 Å². The van der Waals surface area contributed by atoms with E-state index in [0.717, 1.165) is 30.6 Å². The quantitative estimate of drug-likeness (QED) is 0.289. The Bertz CT molecular complexity index is 1200. The van der Waals surface area contributed by atoms with E-state index < -0.39 is 19.0 Å². The molecule has 1 saturated carbocycles. The number of hydrogen-bond acceptors (Lipinski definition) is 4. The molecule has 0 heterocycles. The maximum absolute atomic E-state index is 15.4. The van der Waals surface area contributed by atoms with Crippen LogP contribution in [-0.4, -0.2) is 20.2 Å². The first-order valence-electron chi connectivity index (χ1n) is 13.3. The van der Waals surface area contributed by atoms with Crippen LogP contribution in [-0.2, 0) is 9.09 Å². The lowest BCUT2D eigenvalue weighted by Crippen LogP contribution is -2.36. The highest BCUT2D eigenvalue weighted by molar-refractivity contribution is 7.67. The summed E-state index contributed by atoms with van der Waals surface area (Å²) in [4.78, 5) is 2.00. The van der Waals surface area contributed by atoms with E-state index in [-0.39, 0.29) is 6.10 Å². The molecule has 1 aliphatic rings. The van der Waals surface area contributed by atoms with Gasteiger partial charge in [0.15, 0.2) is 0 Å². The molecule has 0 spiro atoms. The molecule has 198 valence electrons. The molecular formula is C31H40FN2O2P. The molecule has 0 aromatic heterocycles. The summed E-state index contributed by atoms with van der Waals surface area (Å²) < 4.78 is 37.7. The van der Waals surface area contributed by atoms with Crippen molar-refractivity contribution in [3.05, 3.63) is 90.2 Å². The number of para-hydroxylation sites is 1. The number of hydrogen-bond donors (Lipinski definition) is 1. The van der Waals surface area contributed by atoms with Gasteiger partial charge in [-0.2, -0.15) is 0 Å². The van der Waals surface area contributed by atoms with Gasteiger partial charge in [0.1, 0.15) is 11.6 Å². The Morgan fingerprint density at radius 3 is 2.22 bits per heavy atom. The van der Waals surface area contributed by atoms with Gasteiger partial charge in [-0.1, -0.05) is 63.6 Å². The van der Waals surface area contributed by atoms with Crippen LogP contribution in [0.1, 0.15) is 51.4 Å². The van der Waals surface area contributed by atoms with Crippen LogP contribution in [0.25, 0.3) is 0 Å². The van der Waals surface area contributed by atoms with Crippen LogP contribution in [0.2, 0.25) is 0 Å². The zero-order valence-electron chi connectivity index (χ0n) is 22.6. The second-order valence-corrected chi connectivity index (χ2v) is 13.3. The summed E-state index contributed by atoms with van der Waals surface area (Å²) >= 11 is 0. The zero-order valence-corrected chi connectivity index (χ0v) is 23.5. The average Bonchev–Trinajstić information content (AvgIpc) is 2.88. The smallest absolute Gasteiger partial charge is 0.258 e. The van der Waals surface area contributed by atoms with Crippen molar-refractivity contribution in [2.45, 2.75) is 51.9 Å². The van der Waals surface area contributed by atoms with Gasteiger partial charge in [0.25, 0.3) is 7.37 Å². The SMILES string of the molecule is CC(C)[C@@H]1CC[C@H](C)C[C@H]1O[P@](=O)(c1ccc(N(C)C)cc1)[C@H](Nc1ccccc1)c1ccccc1F. The van der Waals surface area contributed by atoms with Crippen LogP contribution in [0.5, 0.6) is 0 Å². The minimum Gasteiger partial charge on any atom is -0.378 e. The molecule has 0 radical (unpaired) electrons. The first-order valence-corrected chi connectivity index (χ1v) is 15.0. The summed E-state index contributed by atoms with van der Waals surface area (Å²) in [5.41, 5.74) is 2.11. The predicted octanol–water partition coefficient (Wildman–Crippen LogP) is 8.08. The van der Waals surface area contributed by atoms with Crippen LogP contribution in [0.15, 0.2) is 78.9 Å². The van der Waals surface area contributed by atoms with Crippen LogP contribution >= 0.6 is 7.37 Å². The van der Waals surface area contributed by atoms with Gasteiger partial charge in [-0.05, 0) is 73.1 Å². The Kier molecular flexibility index (Phi) is 8.77. The highest BCUT2D eigenvalue weighted by atomic mass is 31.2. The van der Waals surface area contributed by atoms with E-state index in [1.807, 2.05) is 73.6 Å². The third-order valence-electron chi connectivity index (χ3n) is 7.60. The van der Waals surface area contributed by atoms with Gasteiger partial charge in [0.05, 0.1) is 6.10 Å². The van der Waals surface area contributed by atoms with Gasteiger partial charge >= 0.3 is 0 Å². The van der Waals surface area contributed by atoms with Crippen molar-refractivity contribution in [3.8, 4) is 0 Å². The second-order valence-electron chi connectivity index (χ2n) is 10.9. The van der Waals surface area contributed by atoms with E-state index >= 15 is 8.96 Å². The summed E-state index contributed by atoms with van der Waals surface area (Å²) in [5.74, 6) is -0.105. The van der Waals surface area contributed by atoms with E-state index in [1.54, 1.807) is 18.2 Å². The number of halogens is 1. The molecule has 6 heteroatoms. The molecule has 4 nitrogen and oxygen atoms in total. The van der Waals surface area contributed by atoms with Crippen molar-refractivity contribution < 1.29 is 13.5 Å². The van der Waals surface area contributed by atoms with Crippen LogP contribution in [0.4, 0.5) is 15.8 Å². The third-order valence-corrected chi connectivity index (χ3v) is 10.3. The molecule has 37 heavy (non-hydrogen) atoms. The Morgan fingerprint density at radius 1 is 0.946 bits per heavy atom. The minimum absolute atomic E-state index is 0.171. The van der Waals surface area contributed by atoms with E-state index in [1.165, 1.54) is 6.07 Å². The molecule has 1 N–H and O–H groups in total. The number of rotatable bonds is 9. The second kappa shape index (κ2) is 11.8. The van der Waals surface area contributed by atoms with Crippen molar-refractivity contribution in [3.63, 3.8) is 0 Å². The van der Waals surface area contributed by atoms with E-state index in [2.05, 4.69) is 26.1 Å². The Labute approximate surface area is 221 Å². The lowest BCUT2D eigenvalue weighted by molar-refractivity contribution is 0.0488. The normalized spacial score (nSPS) is 22.3. The Hall–Kier alpha value is -2.62. The highest BCUT2D eigenvalue weighted by Gasteiger charge is 2.44.